The van der Waals surface area contributed by atoms with Gasteiger partial charge < -0.3 is 5.73 Å². The molecule has 0 saturated heterocycles. The van der Waals surface area contributed by atoms with Gasteiger partial charge in [-0.25, -0.2) is 9.67 Å². The summed E-state index contributed by atoms with van der Waals surface area (Å²) in [4.78, 5) is 4.64. The molecule has 2 atom stereocenters. The van der Waals surface area contributed by atoms with Crippen LogP contribution in [0.25, 0.3) is 22.5 Å². The van der Waals surface area contributed by atoms with Crippen molar-refractivity contribution in [3.8, 4) is 22.5 Å². The van der Waals surface area contributed by atoms with Gasteiger partial charge >= 0.3 is 0 Å². The zero-order valence-electron chi connectivity index (χ0n) is 20.1. The molecule has 0 aliphatic rings. The summed E-state index contributed by atoms with van der Waals surface area (Å²) in [7, 11) is 0. The van der Waals surface area contributed by atoms with Crippen LogP contribution in [0, 0.1) is 0 Å². The normalized spacial score (nSPS) is 13.1. The molecule has 178 valence electrons. The van der Waals surface area contributed by atoms with Crippen LogP contribution in [0.1, 0.15) is 69.7 Å². The quantitative estimate of drug-likeness (QED) is 0.290. The number of hydrogen-bond acceptors (Lipinski definition) is 6. The van der Waals surface area contributed by atoms with Crippen LogP contribution < -0.4 is 5.73 Å². The first-order chi connectivity index (χ1) is 16.7. The van der Waals surface area contributed by atoms with Gasteiger partial charge in [0, 0.05) is 17.5 Å². The lowest BCUT2D eigenvalue weighted by atomic mass is 9.93. The maximum Gasteiger partial charge on any atom is 0.205 e. The highest BCUT2D eigenvalue weighted by Gasteiger charge is 2.20. The Morgan fingerprint density at radius 2 is 1.79 bits per heavy atom. The van der Waals surface area contributed by atoms with E-state index < -0.39 is 0 Å². The van der Waals surface area contributed by atoms with E-state index in [0.717, 1.165) is 35.4 Å². The molecule has 0 aliphatic carbocycles. The smallest absolute Gasteiger partial charge is 0.205 e. The maximum atomic E-state index is 6.18. The Balaban J connectivity index is 1.50. The predicted molar refractivity (Wildman–Crippen MR) is 134 cm³/mol. The third kappa shape index (κ3) is 5.94. The summed E-state index contributed by atoms with van der Waals surface area (Å²) in [5, 5.41) is 19.1. The van der Waals surface area contributed by atoms with Crippen LogP contribution in [-0.4, -0.2) is 41.4 Å². The number of nitrogens with two attached hydrogens (primary N) is 1. The number of nitrogens with one attached hydrogen (secondary N) is 1. The van der Waals surface area contributed by atoms with Gasteiger partial charge in [0.25, 0.3) is 0 Å². The lowest BCUT2D eigenvalue weighted by Crippen LogP contribution is -2.21. The summed E-state index contributed by atoms with van der Waals surface area (Å²) < 4.78 is 2.04. The molecule has 34 heavy (non-hydrogen) atoms. The number of H-pyrrole nitrogens is 1. The van der Waals surface area contributed by atoms with E-state index >= 15 is 0 Å². The summed E-state index contributed by atoms with van der Waals surface area (Å²) in [6.45, 7) is 5.00. The SMILES string of the molecule is CCCCCCC(CC(C)N)c1ncnn1Cc1ccc(-c2ccccc2-c2nn[nH]n2)cc1. The first-order valence-corrected chi connectivity index (χ1v) is 12.2. The van der Waals surface area contributed by atoms with Crippen molar-refractivity contribution in [1.82, 2.24) is 35.4 Å². The summed E-state index contributed by atoms with van der Waals surface area (Å²) in [5.41, 5.74) is 10.5. The molecular formula is C26H34N8. The van der Waals surface area contributed by atoms with E-state index in [-0.39, 0.29) is 6.04 Å². The van der Waals surface area contributed by atoms with Gasteiger partial charge in [-0.05, 0) is 41.7 Å². The minimum atomic E-state index is 0.139. The summed E-state index contributed by atoms with van der Waals surface area (Å²) in [5.74, 6) is 1.96. The average Bonchev–Trinajstić information content (AvgIpc) is 3.54. The Morgan fingerprint density at radius 3 is 2.50 bits per heavy atom. The molecule has 4 rings (SSSR count). The fourth-order valence-corrected chi connectivity index (χ4v) is 4.50. The molecule has 0 radical (unpaired) electrons. The Hall–Kier alpha value is -3.39. The highest BCUT2D eigenvalue weighted by atomic mass is 15.5. The molecule has 0 bridgehead atoms. The second-order valence-electron chi connectivity index (χ2n) is 9.01. The number of tetrazole rings is 1. The number of unbranched alkanes of at least 4 members (excludes halogenated alkanes) is 3. The number of benzene rings is 2. The Labute approximate surface area is 201 Å². The van der Waals surface area contributed by atoms with E-state index in [2.05, 4.69) is 74.9 Å². The lowest BCUT2D eigenvalue weighted by molar-refractivity contribution is 0.452. The second-order valence-corrected chi connectivity index (χ2v) is 9.01. The van der Waals surface area contributed by atoms with Crippen LogP contribution in [0.15, 0.2) is 54.9 Å². The van der Waals surface area contributed by atoms with Gasteiger partial charge in [-0.2, -0.15) is 10.3 Å². The predicted octanol–water partition coefficient (Wildman–Crippen LogP) is 4.96. The van der Waals surface area contributed by atoms with Gasteiger partial charge in [0.05, 0.1) is 6.54 Å². The van der Waals surface area contributed by atoms with Crippen molar-refractivity contribution in [3.63, 3.8) is 0 Å². The van der Waals surface area contributed by atoms with Crippen molar-refractivity contribution in [2.75, 3.05) is 0 Å². The van der Waals surface area contributed by atoms with Crippen LogP contribution in [0.2, 0.25) is 0 Å². The number of nitrogens with zero attached hydrogens (tertiary/aromatic N) is 6. The van der Waals surface area contributed by atoms with E-state index in [1.807, 2.05) is 22.9 Å². The van der Waals surface area contributed by atoms with E-state index in [0.29, 0.717) is 18.3 Å². The highest BCUT2D eigenvalue weighted by Crippen LogP contribution is 2.30. The van der Waals surface area contributed by atoms with Gasteiger partial charge in [-0.15, -0.1) is 10.2 Å². The summed E-state index contributed by atoms with van der Waals surface area (Å²) in [6.07, 6.45) is 8.68. The van der Waals surface area contributed by atoms with Crippen LogP contribution in [0.4, 0.5) is 0 Å². The van der Waals surface area contributed by atoms with Crippen LogP contribution in [0.3, 0.4) is 0 Å². The van der Waals surface area contributed by atoms with Crippen molar-refractivity contribution in [1.29, 1.82) is 0 Å². The van der Waals surface area contributed by atoms with Crippen molar-refractivity contribution < 1.29 is 0 Å². The lowest BCUT2D eigenvalue weighted by Gasteiger charge is -2.19. The highest BCUT2D eigenvalue weighted by molar-refractivity contribution is 5.80. The molecule has 0 aliphatic heterocycles. The molecule has 8 heteroatoms. The molecule has 2 unspecified atom stereocenters. The maximum absolute atomic E-state index is 6.18. The third-order valence-corrected chi connectivity index (χ3v) is 6.18. The van der Waals surface area contributed by atoms with E-state index in [1.54, 1.807) is 6.33 Å². The molecule has 2 aromatic carbocycles. The van der Waals surface area contributed by atoms with Crippen molar-refractivity contribution >= 4 is 0 Å². The van der Waals surface area contributed by atoms with Gasteiger partial charge in [0.1, 0.15) is 12.2 Å². The van der Waals surface area contributed by atoms with Crippen molar-refractivity contribution in [3.05, 3.63) is 66.2 Å². The van der Waals surface area contributed by atoms with Gasteiger partial charge in [0.15, 0.2) is 0 Å². The first kappa shape index (κ1) is 23.8. The number of rotatable bonds is 12. The van der Waals surface area contributed by atoms with Gasteiger partial charge in [0.2, 0.25) is 5.82 Å². The molecule has 0 spiro atoms. The first-order valence-electron chi connectivity index (χ1n) is 12.2. The molecule has 8 nitrogen and oxygen atoms in total. The monoisotopic (exact) mass is 458 g/mol. The topological polar surface area (TPSA) is 111 Å². The standard InChI is InChI=1S/C26H34N8/c1-3-4-5-6-9-22(16-19(2)27)26-28-18-29-34(26)17-20-12-14-21(15-13-20)23-10-7-8-11-24(23)25-30-32-33-31-25/h7-8,10-15,18-19,22H,3-6,9,16-17,27H2,1-2H3,(H,30,31,32,33). The Morgan fingerprint density at radius 1 is 1.00 bits per heavy atom. The minimum Gasteiger partial charge on any atom is -0.328 e. The van der Waals surface area contributed by atoms with E-state index in [4.69, 9.17) is 5.73 Å². The molecule has 2 heterocycles. The number of aromatic amines is 1. The minimum absolute atomic E-state index is 0.139. The van der Waals surface area contributed by atoms with Crippen molar-refractivity contribution in [2.45, 2.75) is 70.9 Å². The number of aromatic nitrogens is 7. The summed E-state index contributed by atoms with van der Waals surface area (Å²) in [6, 6.07) is 16.8. The van der Waals surface area contributed by atoms with Crippen molar-refractivity contribution in [2.24, 2.45) is 5.73 Å². The molecule has 4 aromatic rings. The average molecular weight is 459 g/mol. The largest absolute Gasteiger partial charge is 0.328 e. The van der Waals surface area contributed by atoms with Crippen LogP contribution >= 0.6 is 0 Å². The fourth-order valence-electron chi connectivity index (χ4n) is 4.50. The molecular weight excluding hydrogens is 424 g/mol. The van der Waals surface area contributed by atoms with Crippen LogP contribution in [-0.2, 0) is 6.54 Å². The van der Waals surface area contributed by atoms with E-state index in [1.165, 1.54) is 31.2 Å². The molecule has 0 fully saturated rings. The second kappa shape index (κ2) is 11.7. The summed E-state index contributed by atoms with van der Waals surface area (Å²) >= 11 is 0. The zero-order chi connectivity index (χ0) is 23.8. The Bertz CT molecular complexity index is 1130. The van der Waals surface area contributed by atoms with E-state index in [9.17, 15) is 0 Å². The fraction of sp³-hybridized carbons (Fsp3) is 0.423. The van der Waals surface area contributed by atoms with Crippen LogP contribution in [0.5, 0.6) is 0 Å². The van der Waals surface area contributed by atoms with Gasteiger partial charge in [-0.1, -0.05) is 81.1 Å². The number of hydrogen-bond donors (Lipinski definition) is 2. The molecule has 0 amide bonds. The van der Waals surface area contributed by atoms with Gasteiger partial charge in [-0.3, -0.25) is 0 Å². The Kier molecular flexibility index (Phi) is 8.14. The molecule has 3 N–H and O–H groups in total. The molecule has 0 saturated carbocycles. The third-order valence-electron chi connectivity index (χ3n) is 6.18. The zero-order valence-corrected chi connectivity index (χ0v) is 20.1. The molecule has 2 aromatic heterocycles.